The van der Waals surface area contributed by atoms with Gasteiger partial charge < -0.3 is 0 Å². The number of ketones is 2. The molecule has 0 bridgehead atoms. The number of carbonyl (C=O) groups excluding carboxylic acids is 4. The molecule has 0 spiro atoms. The highest BCUT2D eigenvalue weighted by Gasteiger charge is 2.42. The van der Waals surface area contributed by atoms with E-state index in [4.69, 9.17) is 6.42 Å². The molecule has 6 rings (SSSR count). The second-order valence-corrected chi connectivity index (χ2v) is 9.19. The van der Waals surface area contributed by atoms with Crippen molar-refractivity contribution in [2.75, 3.05) is 4.90 Å². The fourth-order valence-electron chi connectivity index (χ4n) is 5.38. The first-order valence-corrected chi connectivity index (χ1v) is 11.9. The summed E-state index contributed by atoms with van der Waals surface area (Å²) in [5.41, 5.74) is 1.63. The molecule has 40 heavy (non-hydrogen) atoms. The summed E-state index contributed by atoms with van der Waals surface area (Å²) in [5.74, 6) is -1.25. The number of hydrogen-bond acceptors (Lipinski definition) is 7. The number of amides is 2. The molecule has 4 aromatic rings. The third kappa shape index (κ3) is 3.12. The molecule has 0 unspecified atom stereocenters. The van der Waals surface area contributed by atoms with Crippen LogP contribution in [0, 0.1) is 46.3 Å². The van der Waals surface area contributed by atoms with E-state index in [-0.39, 0.29) is 55.4 Å². The number of carbonyl (C=O) groups is 4. The Morgan fingerprint density at radius 1 is 0.600 bits per heavy atom. The van der Waals surface area contributed by atoms with Crippen LogP contribution in [-0.4, -0.2) is 23.4 Å². The summed E-state index contributed by atoms with van der Waals surface area (Å²) in [4.78, 5) is 55.5. The first kappa shape index (κ1) is 24.0. The maximum Gasteiger partial charge on any atom is 0.265 e. The van der Waals surface area contributed by atoms with E-state index in [1.54, 1.807) is 6.07 Å². The maximum absolute atomic E-state index is 13.7. The van der Waals surface area contributed by atoms with Crippen LogP contribution in [0.25, 0.3) is 10.8 Å². The zero-order valence-corrected chi connectivity index (χ0v) is 20.4. The third-order valence-corrected chi connectivity index (χ3v) is 7.24. The van der Waals surface area contributed by atoms with Gasteiger partial charge in [0.05, 0.1) is 22.4 Å². The van der Waals surface area contributed by atoms with Gasteiger partial charge in [0.15, 0.2) is 11.6 Å². The highest BCUT2D eigenvalue weighted by molar-refractivity contribution is 6.40. The maximum atomic E-state index is 13.7. The van der Waals surface area contributed by atoms with E-state index in [0.717, 1.165) is 4.90 Å². The van der Waals surface area contributed by atoms with Crippen LogP contribution in [0.5, 0.6) is 0 Å². The lowest BCUT2D eigenvalue weighted by Crippen LogP contribution is -2.41. The molecule has 0 atom stereocenters. The lowest BCUT2D eigenvalue weighted by molar-refractivity contribution is 0.0847. The fraction of sp³-hybridized carbons (Fsp3) is 0.0312. The molecule has 0 aromatic heterocycles. The van der Waals surface area contributed by atoms with Crippen molar-refractivity contribution in [3.05, 3.63) is 111 Å². The average molecular weight is 516 g/mol. The molecule has 8 heteroatoms. The topological polar surface area (TPSA) is 143 Å². The van der Waals surface area contributed by atoms with Gasteiger partial charge >= 0.3 is 0 Å². The molecule has 0 saturated carbocycles. The first-order valence-electron chi connectivity index (χ1n) is 11.9. The van der Waals surface area contributed by atoms with Crippen molar-refractivity contribution in [2.24, 2.45) is 0 Å². The Bertz CT molecular complexity index is 1880. The minimum Gasteiger partial charge on any atom is -0.293 e. The van der Waals surface area contributed by atoms with Crippen LogP contribution in [0.2, 0.25) is 0 Å². The Kier molecular flexibility index (Phi) is 5.17. The van der Waals surface area contributed by atoms with Crippen LogP contribution in [0.3, 0.4) is 0 Å². The fourth-order valence-corrected chi connectivity index (χ4v) is 5.38. The molecular weight excluding hydrogens is 504 g/mol. The third-order valence-electron chi connectivity index (χ3n) is 7.24. The molecule has 0 radical (unpaired) electrons. The number of nitrogens with zero attached hydrogens (tertiary/aromatic N) is 4. The first-order chi connectivity index (χ1) is 19.3. The number of rotatable bonds is 2. The van der Waals surface area contributed by atoms with E-state index in [1.165, 1.54) is 54.6 Å². The van der Waals surface area contributed by atoms with Crippen LogP contribution >= 0.6 is 0 Å². The van der Waals surface area contributed by atoms with Gasteiger partial charge in [0.2, 0.25) is 0 Å². The number of imide groups is 1. The Morgan fingerprint density at radius 2 is 1.10 bits per heavy atom. The van der Waals surface area contributed by atoms with Crippen molar-refractivity contribution in [3.63, 3.8) is 0 Å². The van der Waals surface area contributed by atoms with Gasteiger partial charge in [-0.2, -0.15) is 15.8 Å². The zero-order chi connectivity index (χ0) is 28.3. The summed E-state index contributed by atoms with van der Waals surface area (Å²) in [6.07, 6.45) is 5.45. The minimum atomic E-state index is -1.22. The molecular formula is C32H12N4O4. The predicted molar refractivity (Wildman–Crippen MR) is 141 cm³/mol. The van der Waals surface area contributed by atoms with Crippen LogP contribution in [0.4, 0.5) is 5.69 Å². The van der Waals surface area contributed by atoms with Crippen molar-refractivity contribution in [3.8, 4) is 30.6 Å². The lowest BCUT2D eigenvalue weighted by Gasteiger charge is -2.30. The van der Waals surface area contributed by atoms with Gasteiger partial charge in [-0.15, -0.1) is 6.42 Å². The Morgan fingerprint density at radius 3 is 1.65 bits per heavy atom. The Labute approximate surface area is 226 Å². The van der Waals surface area contributed by atoms with Crippen molar-refractivity contribution < 1.29 is 19.2 Å². The zero-order valence-electron chi connectivity index (χ0n) is 20.4. The Balaban J connectivity index is 1.52. The molecule has 184 valence electrons. The van der Waals surface area contributed by atoms with Crippen molar-refractivity contribution in [1.82, 2.24) is 0 Å². The molecule has 0 fully saturated rings. The van der Waals surface area contributed by atoms with Gasteiger partial charge in [0.1, 0.15) is 24.1 Å². The van der Waals surface area contributed by atoms with E-state index in [1.807, 2.05) is 18.2 Å². The van der Waals surface area contributed by atoms with E-state index < -0.39 is 29.3 Å². The molecule has 0 N–H and O–H groups in total. The summed E-state index contributed by atoms with van der Waals surface area (Å²) < 4.78 is 0. The minimum absolute atomic E-state index is 0.00807. The summed E-state index contributed by atoms with van der Waals surface area (Å²) in [6, 6.07) is 20.1. The number of terminal acetylenes is 1. The normalized spacial score (nSPS) is 13.9. The second kappa shape index (κ2) is 8.61. The predicted octanol–water partition coefficient (Wildman–Crippen LogP) is 4.40. The number of benzene rings is 4. The molecule has 2 aliphatic rings. The Hall–Kier alpha value is -6.35. The monoisotopic (exact) mass is 516 g/mol. The summed E-state index contributed by atoms with van der Waals surface area (Å²) in [7, 11) is 0. The average Bonchev–Trinajstić information content (AvgIpc) is 2.98. The van der Waals surface area contributed by atoms with E-state index in [9.17, 15) is 35.0 Å². The van der Waals surface area contributed by atoms with Crippen LogP contribution in [0.15, 0.2) is 60.7 Å². The van der Waals surface area contributed by atoms with Crippen molar-refractivity contribution in [1.29, 1.82) is 15.8 Å². The van der Waals surface area contributed by atoms with Gasteiger partial charge in [0.25, 0.3) is 11.8 Å². The number of nitriles is 3. The smallest absolute Gasteiger partial charge is 0.265 e. The lowest BCUT2D eigenvalue weighted by atomic mass is 9.74. The SMILES string of the molecule is C#Cc1ccc(C2C(=O)c3ccc4c5c(ccc(c35)C2=O)C(=O)N(c2ccc(C#N)c(C#N)c2)C4=O)cc1C#N. The second-order valence-electron chi connectivity index (χ2n) is 9.19. The van der Waals surface area contributed by atoms with Gasteiger partial charge in [-0.3, -0.25) is 19.2 Å². The standard InChI is InChI=1S/C32H12N4O4/c1-2-16-3-4-17(11-19(16)14-34)26-29(37)22-7-9-24-28-25(10-8-23(27(22)28)30(26)38)32(40)36(31(24)39)21-6-5-18(13-33)20(12-21)15-35/h1,3-12,26H. The van der Waals surface area contributed by atoms with Gasteiger partial charge in [0, 0.05) is 38.6 Å². The van der Waals surface area contributed by atoms with Gasteiger partial charge in [-0.05, 0) is 60.2 Å². The van der Waals surface area contributed by atoms with E-state index >= 15 is 0 Å². The van der Waals surface area contributed by atoms with Gasteiger partial charge in [-0.1, -0.05) is 12.0 Å². The number of anilines is 1. The van der Waals surface area contributed by atoms with E-state index in [0.29, 0.717) is 11.1 Å². The van der Waals surface area contributed by atoms with Crippen LogP contribution < -0.4 is 4.90 Å². The van der Waals surface area contributed by atoms with Crippen LogP contribution in [0.1, 0.15) is 75.2 Å². The number of hydrogen-bond donors (Lipinski definition) is 0. The van der Waals surface area contributed by atoms with Crippen molar-refractivity contribution >= 4 is 39.8 Å². The molecule has 8 nitrogen and oxygen atoms in total. The molecule has 2 amide bonds. The van der Waals surface area contributed by atoms with E-state index in [2.05, 4.69) is 5.92 Å². The molecule has 1 aliphatic carbocycles. The molecule has 1 aliphatic heterocycles. The van der Waals surface area contributed by atoms with Crippen LogP contribution in [-0.2, 0) is 0 Å². The molecule has 0 saturated heterocycles. The quantitative estimate of drug-likeness (QED) is 0.218. The van der Waals surface area contributed by atoms with Gasteiger partial charge in [-0.25, -0.2) is 4.90 Å². The van der Waals surface area contributed by atoms with Crippen molar-refractivity contribution in [2.45, 2.75) is 5.92 Å². The highest BCUT2D eigenvalue weighted by atomic mass is 16.2. The molecule has 4 aromatic carbocycles. The number of Topliss-reactive ketones (excluding diaryl/α,β-unsaturated/α-hetero) is 2. The summed E-state index contributed by atoms with van der Waals surface area (Å²) in [5, 5.41) is 28.5. The molecule has 1 heterocycles. The highest BCUT2D eigenvalue weighted by Crippen LogP contribution is 2.42. The summed E-state index contributed by atoms with van der Waals surface area (Å²) in [6.45, 7) is 0. The summed E-state index contributed by atoms with van der Waals surface area (Å²) >= 11 is 0. The largest absolute Gasteiger partial charge is 0.293 e.